The standard InChI is InChI=1S/C26H32O11/c1-34-19-10-15(5-6-18(19)30)8-16(12-28)17-9-14(4-3-7-27)11-20(35-2)25(17)37-26-24(33)23(32)22(31)21(13-29)36-26/h3-7,9-11,16,21-24,26,28-33H,8,12-13H2,1-2H3/b4-3+/t16?,21-,22-,23+,24-,26+/m1/s1. The molecule has 11 heteroatoms. The number of rotatable bonds is 11. The molecule has 3 rings (SSSR count). The van der Waals surface area contributed by atoms with Crippen LogP contribution < -0.4 is 14.2 Å². The molecule has 1 aliphatic heterocycles. The van der Waals surface area contributed by atoms with Crippen molar-refractivity contribution in [3.8, 4) is 23.0 Å². The van der Waals surface area contributed by atoms with Gasteiger partial charge in [0.25, 0.3) is 0 Å². The van der Waals surface area contributed by atoms with Gasteiger partial charge in [0.05, 0.1) is 27.4 Å². The Morgan fingerprint density at radius 2 is 1.73 bits per heavy atom. The second kappa shape index (κ2) is 12.9. The van der Waals surface area contributed by atoms with Crippen molar-refractivity contribution in [2.24, 2.45) is 0 Å². The molecule has 0 saturated carbocycles. The van der Waals surface area contributed by atoms with Crippen LogP contribution in [0, 0.1) is 0 Å². The Morgan fingerprint density at radius 3 is 2.35 bits per heavy atom. The summed E-state index contributed by atoms with van der Waals surface area (Å²) in [6, 6.07) is 8.01. The number of hydrogen-bond acceptors (Lipinski definition) is 11. The van der Waals surface area contributed by atoms with Crippen molar-refractivity contribution in [2.75, 3.05) is 27.4 Å². The number of allylic oxidation sites excluding steroid dienone is 1. The van der Waals surface area contributed by atoms with Gasteiger partial charge >= 0.3 is 0 Å². The highest BCUT2D eigenvalue weighted by Crippen LogP contribution is 2.41. The van der Waals surface area contributed by atoms with E-state index in [-0.39, 0.29) is 36.0 Å². The van der Waals surface area contributed by atoms with E-state index < -0.39 is 43.2 Å². The molecule has 6 atom stereocenters. The average molecular weight is 521 g/mol. The van der Waals surface area contributed by atoms with Gasteiger partial charge in [0.2, 0.25) is 6.29 Å². The minimum absolute atomic E-state index is 0.0406. The molecular weight excluding hydrogens is 488 g/mol. The van der Waals surface area contributed by atoms with Crippen molar-refractivity contribution in [3.63, 3.8) is 0 Å². The van der Waals surface area contributed by atoms with Crippen LogP contribution in [-0.4, -0.2) is 95.1 Å². The van der Waals surface area contributed by atoms with E-state index in [4.69, 9.17) is 18.9 Å². The number of aldehydes is 1. The van der Waals surface area contributed by atoms with Gasteiger partial charge in [0, 0.05) is 11.5 Å². The number of carbonyl (C=O) groups is 1. The molecule has 0 radical (unpaired) electrons. The minimum Gasteiger partial charge on any atom is -0.504 e. The molecule has 1 saturated heterocycles. The fourth-order valence-electron chi connectivity index (χ4n) is 4.16. The number of aliphatic hydroxyl groups excluding tert-OH is 5. The van der Waals surface area contributed by atoms with Crippen LogP contribution in [0.1, 0.15) is 22.6 Å². The number of aromatic hydroxyl groups is 1. The third kappa shape index (κ3) is 6.39. The lowest BCUT2D eigenvalue weighted by atomic mass is 9.90. The first-order valence-corrected chi connectivity index (χ1v) is 11.6. The number of methoxy groups -OCH3 is 2. The first-order valence-electron chi connectivity index (χ1n) is 11.6. The predicted octanol–water partition coefficient (Wildman–Crippen LogP) is 0.119. The van der Waals surface area contributed by atoms with Crippen molar-refractivity contribution >= 4 is 12.4 Å². The van der Waals surface area contributed by atoms with Gasteiger partial charge in [-0.3, -0.25) is 4.79 Å². The summed E-state index contributed by atoms with van der Waals surface area (Å²) in [5, 5.41) is 60.6. The zero-order valence-corrected chi connectivity index (χ0v) is 20.4. The van der Waals surface area contributed by atoms with E-state index >= 15 is 0 Å². The Balaban J connectivity index is 2.07. The SMILES string of the molecule is COc1cc(CC(CO)c2cc(/C=C/C=O)cc(OC)c2O[C@@H]2O[C@H](CO)[C@@H](O)[C@H](O)[C@H]2O)ccc1O. The normalized spacial score (nSPS) is 24.6. The number of ether oxygens (including phenoxy) is 4. The Hall–Kier alpha value is -3.19. The Bertz CT molecular complexity index is 1080. The van der Waals surface area contributed by atoms with Gasteiger partial charge in [-0.2, -0.15) is 0 Å². The second-order valence-electron chi connectivity index (χ2n) is 8.54. The highest BCUT2D eigenvalue weighted by molar-refractivity contribution is 5.75. The summed E-state index contributed by atoms with van der Waals surface area (Å²) in [4.78, 5) is 10.9. The third-order valence-corrected chi connectivity index (χ3v) is 6.16. The maximum Gasteiger partial charge on any atom is 0.229 e. The maximum absolute atomic E-state index is 10.9. The van der Waals surface area contributed by atoms with Crippen LogP contribution in [0.15, 0.2) is 36.4 Å². The van der Waals surface area contributed by atoms with Crippen LogP contribution in [0.5, 0.6) is 23.0 Å². The van der Waals surface area contributed by atoms with Gasteiger partial charge in [-0.1, -0.05) is 12.1 Å². The monoisotopic (exact) mass is 520 g/mol. The number of carbonyl (C=O) groups excluding carboxylic acids is 1. The Kier molecular flexibility index (Phi) is 9.86. The number of hydrogen-bond donors (Lipinski definition) is 6. The first kappa shape index (κ1) is 28.4. The summed E-state index contributed by atoms with van der Waals surface area (Å²) < 4.78 is 22.1. The molecule has 0 aromatic heterocycles. The molecule has 2 aromatic carbocycles. The Labute approximate surface area is 213 Å². The number of aliphatic hydroxyl groups is 5. The molecule has 2 aromatic rings. The molecule has 1 heterocycles. The van der Waals surface area contributed by atoms with Crippen LogP contribution in [0.2, 0.25) is 0 Å². The molecule has 37 heavy (non-hydrogen) atoms. The van der Waals surface area contributed by atoms with Gasteiger partial charge in [-0.05, 0) is 47.9 Å². The van der Waals surface area contributed by atoms with E-state index in [1.165, 1.54) is 32.4 Å². The molecule has 1 unspecified atom stereocenters. The van der Waals surface area contributed by atoms with Crippen LogP contribution in [0.3, 0.4) is 0 Å². The van der Waals surface area contributed by atoms with E-state index in [1.54, 1.807) is 24.3 Å². The lowest BCUT2D eigenvalue weighted by Gasteiger charge is -2.40. The van der Waals surface area contributed by atoms with Crippen molar-refractivity contribution in [3.05, 3.63) is 53.1 Å². The first-order chi connectivity index (χ1) is 17.8. The number of phenols is 1. The molecule has 0 spiro atoms. The van der Waals surface area contributed by atoms with Crippen LogP contribution in [0.25, 0.3) is 6.08 Å². The molecule has 0 amide bonds. The molecule has 202 valence electrons. The van der Waals surface area contributed by atoms with E-state index in [2.05, 4.69) is 0 Å². The van der Waals surface area contributed by atoms with Crippen molar-refractivity contribution in [1.82, 2.24) is 0 Å². The molecule has 11 nitrogen and oxygen atoms in total. The summed E-state index contributed by atoms with van der Waals surface area (Å²) in [5.74, 6) is -0.123. The molecular formula is C26H32O11. The zero-order chi connectivity index (χ0) is 27.1. The van der Waals surface area contributed by atoms with Gasteiger partial charge in [0.15, 0.2) is 23.0 Å². The van der Waals surface area contributed by atoms with E-state index in [9.17, 15) is 35.4 Å². The topological polar surface area (TPSA) is 175 Å². The fourth-order valence-corrected chi connectivity index (χ4v) is 4.16. The van der Waals surface area contributed by atoms with Gasteiger partial charge < -0.3 is 49.6 Å². The number of benzene rings is 2. The van der Waals surface area contributed by atoms with Gasteiger partial charge in [-0.25, -0.2) is 0 Å². The largest absolute Gasteiger partial charge is 0.504 e. The molecule has 6 N–H and O–H groups in total. The van der Waals surface area contributed by atoms with Crippen molar-refractivity contribution < 1.29 is 54.4 Å². The smallest absolute Gasteiger partial charge is 0.229 e. The predicted molar refractivity (Wildman–Crippen MR) is 131 cm³/mol. The highest BCUT2D eigenvalue weighted by atomic mass is 16.7. The average Bonchev–Trinajstić information content (AvgIpc) is 2.91. The summed E-state index contributed by atoms with van der Waals surface area (Å²) in [6.45, 7) is -0.982. The van der Waals surface area contributed by atoms with Gasteiger partial charge in [-0.15, -0.1) is 0 Å². The van der Waals surface area contributed by atoms with Crippen LogP contribution >= 0.6 is 0 Å². The molecule has 0 bridgehead atoms. The quantitative estimate of drug-likeness (QED) is 0.175. The summed E-state index contributed by atoms with van der Waals surface area (Å²) in [6.07, 6.45) is -3.87. The zero-order valence-electron chi connectivity index (χ0n) is 20.4. The molecule has 0 aliphatic carbocycles. The van der Waals surface area contributed by atoms with Crippen molar-refractivity contribution in [1.29, 1.82) is 0 Å². The molecule has 1 fully saturated rings. The van der Waals surface area contributed by atoms with E-state index in [0.29, 0.717) is 17.4 Å². The lowest BCUT2D eigenvalue weighted by molar-refractivity contribution is -0.277. The third-order valence-electron chi connectivity index (χ3n) is 6.16. The van der Waals surface area contributed by atoms with Gasteiger partial charge in [0.1, 0.15) is 30.7 Å². The second-order valence-corrected chi connectivity index (χ2v) is 8.54. The number of phenolic OH excluding ortho intramolecular Hbond substituents is 1. The van der Waals surface area contributed by atoms with E-state index in [0.717, 1.165) is 5.56 Å². The maximum atomic E-state index is 10.9. The van der Waals surface area contributed by atoms with Crippen molar-refractivity contribution in [2.45, 2.75) is 43.0 Å². The van der Waals surface area contributed by atoms with Crippen LogP contribution in [-0.2, 0) is 16.0 Å². The fraction of sp³-hybridized carbons (Fsp3) is 0.423. The summed E-state index contributed by atoms with van der Waals surface area (Å²) >= 11 is 0. The lowest BCUT2D eigenvalue weighted by Crippen LogP contribution is -2.60. The summed E-state index contributed by atoms with van der Waals surface area (Å²) in [7, 11) is 2.80. The minimum atomic E-state index is -1.67. The molecule has 1 aliphatic rings. The van der Waals surface area contributed by atoms with E-state index in [1.807, 2.05) is 0 Å². The summed E-state index contributed by atoms with van der Waals surface area (Å²) in [5.41, 5.74) is 1.71. The Morgan fingerprint density at radius 1 is 1.00 bits per heavy atom. The highest BCUT2D eigenvalue weighted by Gasteiger charge is 2.45. The van der Waals surface area contributed by atoms with Crippen LogP contribution in [0.4, 0.5) is 0 Å².